The molecule has 1 aliphatic rings. The molecule has 2 rings (SSSR count). The van der Waals surface area contributed by atoms with E-state index in [0.29, 0.717) is 24.6 Å². The number of nitrogens with one attached hydrogen (secondary N) is 1. The van der Waals surface area contributed by atoms with Gasteiger partial charge in [0.2, 0.25) is 0 Å². The molecule has 2 heterocycles. The quantitative estimate of drug-likeness (QED) is 0.638. The monoisotopic (exact) mass is 183 g/mol. The Morgan fingerprint density at radius 2 is 2.15 bits per heavy atom. The third kappa shape index (κ3) is 1.57. The maximum atomic E-state index is 10.1. The van der Waals surface area contributed by atoms with E-state index in [1.165, 1.54) is 0 Å². The van der Waals surface area contributed by atoms with Crippen LogP contribution in [0, 0.1) is 6.92 Å². The predicted octanol–water partition coefficient (Wildman–Crippen LogP) is -0.0510. The number of rotatable bonds is 1. The Morgan fingerprint density at radius 3 is 2.69 bits per heavy atom. The van der Waals surface area contributed by atoms with Crippen molar-refractivity contribution in [3.63, 3.8) is 0 Å². The molecule has 0 aromatic carbocycles. The summed E-state index contributed by atoms with van der Waals surface area (Å²) in [4.78, 5) is 4.05. The van der Waals surface area contributed by atoms with Gasteiger partial charge in [0, 0.05) is 0 Å². The van der Waals surface area contributed by atoms with Crippen molar-refractivity contribution in [2.45, 2.75) is 25.4 Å². The van der Waals surface area contributed by atoms with Gasteiger partial charge in [0.1, 0.15) is 5.60 Å². The van der Waals surface area contributed by atoms with Gasteiger partial charge in [0.15, 0.2) is 5.82 Å². The van der Waals surface area contributed by atoms with E-state index in [-0.39, 0.29) is 0 Å². The summed E-state index contributed by atoms with van der Waals surface area (Å²) in [6.45, 7) is 3.33. The summed E-state index contributed by atoms with van der Waals surface area (Å²) in [5, 5.41) is 17.0. The van der Waals surface area contributed by atoms with E-state index in [2.05, 4.69) is 15.5 Å². The van der Waals surface area contributed by atoms with Gasteiger partial charge < -0.3 is 14.9 Å². The van der Waals surface area contributed by atoms with Crippen LogP contribution in [0.25, 0.3) is 0 Å². The average molecular weight is 183 g/mol. The number of aromatic nitrogens is 2. The fourth-order valence-electron chi connectivity index (χ4n) is 1.54. The molecule has 0 atom stereocenters. The lowest BCUT2D eigenvalue weighted by atomic mass is 9.92. The fraction of sp³-hybridized carbons (Fsp3) is 0.750. The Bertz CT molecular complexity index is 291. The molecule has 72 valence electrons. The number of hydrogen-bond donors (Lipinski definition) is 2. The summed E-state index contributed by atoms with van der Waals surface area (Å²) >= 11 is 0. The largest absolute Gasteiger partial charge is 0.380 e. The van der Waals surface area contributed by atoms with Crippen LogP contribution in [0.15, 0.2) is 4.52 Å². The van der Waals surface area contributed by atoms with E-state index in [9.17, 15) is 5.11 Å². The molecule has 1 saturated heterocycles. The first-order valence-electron chi connectivity index (χ1n) is 4.45. The number of piperidine rings is 1. The molecule has 0 spiro atoms. The van der Waals surface area contributed by atoms with E-state index in [0.717, 1.165) is 13.1 Å². The summed E-state index contributed by atoms with van der Waals surface area (Å²) in [5.41, 5.74) is -0.910. The zero-order chi connectivity index (χ0) is 9.31. The number of aliphatic hydroxyl groups is 1. The van der Waals surface area contributed by atoms with E-state index in [4.69, 9.17) is 4.52 Å². The second kappa shape index (κ2) is 3.08. The van der Waals surface area contributed by atoms with Gasteiger partial charge >= 0.3 is 0 Å². The summed E-state index contributed by atoms with van der Waals surface area (Å²) < 4.78 is 4.97. The second-order valence-electron chi connectivity index (χ2n) is 3.43. The molecule has 0 aliphatic carbocycles. The van der Waals surface area contributed by atoms with Crippen molar-refractivity contribution < 1.29 is 9.63 Å². The molecule has 1 aliphatic heterocycles. The minimum absolute atomic E-state index is 0.353. The molecular weight excluding hydrogens is 170 g/mol. The minimum Gasteiger partial charge on any atom is -0.380 e. The van der Waals surface area contributed by atoms with Crippen LogP contribution in [0.1, 0.15) is 24.6 Å². The van der Waals surface area contributed by atoms with Crippen LogP contribution in [0.4, 0.5) is 0 Å². The van der Waals surface area contributed by atoms with Gasteiger partial charge in [-0.25, -0.2) is 0 Å². The first-order chi connectivity index (χ1) is 6.21. The van der Waals surface area contributed by atoms with Crippen LogP contribution >= 0.6 is 0 Å². The first kappa shape index (κ1) is 8.65. The Kier molecular flexibility index (Phi) is 2.05. The molecule has 0 saturated carbocycles. The minimum atomic E-state index is -0.910. The highest BCUT2D eigenvalue weighted by Crippen LogP contribution is 2.28. The molecule has 5 heteroatoms. The van der Waals surface area contributed by atoms with Crippen LogP contribution in [-0.4, -0.2) is 28.3 Å². The van der Waals surface area contributed by atoms with Gasteiger partial charge in [-0.1, -0.05) is 5.16 Å². The third-order valence-corrected chi connectivity index (χ3v) is 2.36. The van der Waals surface area contributed by atoms with Crippen molar-refractivity contribution in [1.29, 1.82) is 0 Å². The normalized spacial score (nSPS) is 21.7. The SMILES string of the molecule is Cc1noc(C2(O)CCNCC2)n1. The Hall–Kier alpha value is -0.940. The lowest BCUT2D eigenvalue weighted by Gasteiger charge is -2.28. The maximum absolute atomic E-state index is 10.1. The molecule has 0 unspecified atom stereocenters. The highest BCUT2D eigenvalue weighted by Gasteiger charge is 2.36. The zero-order valence-electron chi connectivity index (χ0n) is 7.58. The molecule has 1 aromatic rings. The highest BCUT2D eigenvalue weighted by atomic mass is 16.5. The Morgan fingerprint density at radius 1 is 1.46 bits per heavy atom. The summed E-state index contributed by atoms with van der Waals surface area (Å²) in [6, 6.07) is 0. The Labute approximate surface area is 76.1 Å². The summed E-state index contributed by atoms with van der Waals surface area (Å²) in [6.07, 6.45) is 1.27. The smallest absolute Gasteiger partial charge is 0.258 e. The van der Waals surface area contributed by atoms with Crippen molar-refractivity contribution in [1.82, 2.24) is 15.5 Å². The predicted molar refractivity (Wildman–Crippen MR) is 45.0 cm³/mol. The van der Waals surface area contributed by atoms with E-state index >= 15 is 0 Å². The highest BCUT2D eigenvalue weighted by molar-refractivity contribution is 5.00. The molecule has 0 radical (unpaired) electrons. The molecule has 13 heavy (non-hydrogen) atoms. The lowest BCUT2D eigenvalue weighted by Crippen LogP contribution is -2.39. The molecular formula is C8H13N3O2. The van der Waals surface area contributed by atoms with Crippen molar-refractivity contribution >= 4 is 0 Å². The number of nitrogens with zero attached hydrogens (tertiary/aromatic N) is 2. The van der Waals surface area contributed by atoms with Gasteiger partial charge in [-0.3, -0.25) is 0 Å². The lowest BCUT2D eigenvalue weighted by molar-refractivity contribution is -0.0228. The van der Waals surface area contributed by atoms with Gasteiger partial charge in [0.05, 0.1) is 0 Å². The van der Waals surface area contributed by atoms with Crippen LogP contribution in [0.5, 0.6) is 0 Å². The zero-order valence-corrected chi connectivity index (χ0v) is 7.58. The molecule has 1 aromatic heterocycles. The summed E-state index contributed by atoms with van der Waals surface area (Å²) in [7, 11) is 0. The van der Waals surface area contributed by atoms with Crippen LogP contribution in [-0.2, 0) is 5.60 Å². The Balaban J connectivity index is 2.22. The maximum Gasteiger partial charge on any atom is 0.258 e. The van der Waals surface area contributed by atoms with Crippen molar-refractivity contribution in [2.24, 2.45) is 0 Å². The van der Waals surface area contributed by atoms with Gasteiger partial charge in [-0.05, 0) is 32.9 Å². The molecule has 5 nitrogen and oxygen atoms in total. The second-order valence-corrected chi connectivity index (χ2v) is 3.43. The van der Waals surface area contributed by atoms with Crippen LogP contribution < -0.4 is 5.32 Å². The average Bonchev–Trinajstić information content (AvgIpc) is 2.54. The fourth-order valence-corrected chi connectivity index (χ4v) is 1.54. The van der Waals surface area contributed by atoms with Gasteiger partial charge in [-0.2, -0.15) is 4.98 Å². The van der Waals surface area contributed by atoms with Crippen molar-refractivity contribution in [3.8, 4) is 0 Å². The van der Waals surface area contributed by atoms with Gasteiger partial charge in [0.25, 0.3) is 5.89 Å². The molecule has 2 N–H and O–H groups in total. The van der Waals surface area contributed by atoms with E-state index in [1.807, 2.05) is 0 Å². The van der Waals surface area contributed by atoms with Crippen molar-refractivity contribution in [3.05, 3.63) is 11.7 Å². The van der Waals surface area contributed by atoms with Crippen LogP contribution in [0.2, 0.25) is 0 Å². The first-order valence-corrected chi connectivity index (χ1v) is 4.45. The number of hydrogen-bond acceptors (Lipinski definition) is 5. The van der Waals surface area contributed by atoms with E-state index in [1.54, 1.807) is 6.92 Å². The third-order valence-electron chi connectivity index (χ3n) is 2.36. The van der Waals surface area contributed by atoms with Crippen molar-refractivity contribution in [2.75, 3.05) is 13.1 Å². The standard InChI is InChI=1S/C8H13N3O2/c1-6-10-7(13-11-6)8(12)2-4-9-5-3-8/h9,12H,2-5H2,1H3. The van der Waals surface area contributed by atoms with E-state index < -0.39 is 5.60 Å². The molecule has 1 fully saturated rings. The van der Waals surface area contributed by atoms with Crippen LogP contribution in [0.3, 0.4) is 0 Å². The number of aryl methyl sites for hydroxylation is 1. The van der Waals surface area contributed by atoms with Gasteiger partial charge in [-0.15, -0.1) is 0 Å². The molecule has 0 bridgehead atoms. The molecule has 0 amide bonds. The summed E-state index contributed by atoms with van der Waals surface area (Å²) in [5.74, 6) is 0.924. The topological polar surface area (TPSA) is 71.2 Å².